The molecule has 4 aromatic carbocycles. The van der Waals surface area contributed by atoms with Gasteiger partial charge in [0.15, 0.2) is 0 Å². The van der Waals surface area contributed by atoms with E-state index < -0.39 is 11.9 Å². The summed E-state index contributed by atoms with van der Waals surface area (Å²) in [4.78, 5) is 37.2. The van der Waals surface area contributed by atoms with E-state index in [1.165, 1.54) is 6.21 Å². The van der Waals surface area contributed by atoms with Crippen LogP contribution in [0.25, 0.3) is 0 Å². The average Bonchev–Trinajstić information content (AvgIpc) is 2.91. The molecule has 0 radical (unpaired) electrons. The van der Waals surface area contributed by atoms with Gasteiger partial charge in [-0.2, -0.15) is 5.10 Å². The summed E-state index contributed by atoms with van der Waals surface area (Å²) in [5.41, 5.74) is 5.93. The fourth-order valence-corrected chi connectivity index (χ4v) is 3.25. The second kappa shape index (κ2) is 11.4. The van der Waals surface area contributed by atoms with E-state index in [0.717, 1.165) is 5.56 Å². The molecule has 0 spiro atoms. The first kappa shape index (κ1) is 24.1. The largest absolute Gasteiger partial charge is 0.422 e. The van der Waals surface area contributed by atoms with Gasteiger partial charge in [-0.15, -0.1) is 0 Å². The second-order valence-corrected chi connectivity index (χ2v) is 7.89. The van der Waals surface area contributed by atoms with Crippen LogP contribution in [0.3, 0.4) is 0 Å². The number of hydrazone groups is 1. The molecule has 7 nitrogen and oxygen atoms in total. The van der Waals surface area contributed by atoms with Gasteiger partial charge < -0.3 is 10.1 Å². The Kier molecular flexibility index (Phi) is 7.63. The number of nitrogens with one attached hydrogen (secondary N) is 2. The molecule has 2 amide bonds. The maximum absolute atomic E-state index is 12.5. The number of hydrogen-bond donors (Lipinski definition) is 2. The number of ether oxygens (including phenoxy) is 1. The van der Waals surface area contributed by atoms with Crippen LogP contribution in [0.2, 0.25) is 0 Å². The zero-order valence-corrected chi connectivity index (χ0v) is 19.5. The van der Waals surface area contributed by atoms with E-state index in [1.807, 2.05) is 25.1 Å². The van der Waals surface area contributed by atoms with Crippen molar-refractivity contribution in [1.29, 1.82) is 0 Å². The molecule has 7 heteroatoms. The van der Waals surface area contributed by atoms with Crippen LogP contribution in [-0.4, -0.2) is 24.0 Å². The lowest BCUT2D eigenvalue weighted by atomic mass is 10.1. The van der Waals surface area contributed by atoms with Crippen molar-refractivity contribution in [2.24, 2.45) is 5.10 Å². The summed E-state index contributed by atoms with van der Waals surface area (Å²) in [6.45, 7) is 1.94. The normalized spacial score (nSPS) is 10.6. The Morgan fingerprint density at radius 2 is 1.31 bits per heavy atom. The van der Waals surface area contributed by atoms with Crippen LogP contribution < -0.4 is 15.5 Å². The zero-order chi connectivity index (χ0) is 25.3. The van der Waals surface area contributed by atoms with Crippen LogP contribution in [0.4, 0.5) is 5.69 Å². The first-order chi connectivity index (χ1) is 17.5. The number of hydrogen-bond acceptors (Lipinski definition) is 5. The number of esters is 1. The van der Waals surface area contributed by atoms with Crippen LogP contribution in [-0.2, 0) is 0 Å². The third kappa shape index (κ3) is 6.30. The van der Waals surface area contributed by atoms with Gasteiger partial charge in [0.25, 0.3) is 11.8 Å². The summed E-state index contributed by atoms with van der Waals surface area (Å²) in [5.74, 6) is -0.834. The van der Waals surface area contributed by atoms with Crippen LogP contribution >= 0.6 is 0 Å². The third-order valence-corrected chi connectivity index (χ3v) is 5.22. The van der Waals surface area contributed by atoms with Gasteiger partial charge in [0.1, 0.15) is 5.75 Å². The van der Waals surface area contributed by atoms with Crippen molar-refractivity contribution >= 4 is 29.7 Å². The van der Waals surface area contributed by atoms with Gasteiger partial charge in [0.05, 0.1) is 11.8 Å². The Morgan fingerprint density at radius 3 is 2.03 bits per heavy atom. The number of amides is 2. The summed E-state index contributed by atoms with van der Waals surface area (Å²) in [6, 6.07) is 29.3. The lowest BCUT2D eigenvalue weighted by Gasteiger charge is -2.08. The molecule has 0 saturated heterocycles. The molecule has 0 unspecified atom stereocenters. The Bertz CT molecular complexity index is 1400. The van der Waals surface area contributed by atoms with Crippen molar-refractivity contribution < 1.29 is 19.1 Å². The summed E-state index contributed by atoms with van der Waals surface area (Å²) in [7, 11) is 0. The summed E-state index contributed by atoms with van der Waals surface area (Å²) < 4.78 is 5.51. The first-order valence-corrected chi connectivity index (χ1v) is 11.2. The topological polar surface area (TPSA) is 96.9 Å². The highest BCUT2D eigenvalue weighted by Crippen LogP contribution is 2.18. The molecule has 0 heterocycles. The standard InChI is InChI=1S/C29H23N3O4/c1-20-11-13-23(14-12-20)29(35)36-26-10-6-5-9-24(26)19-30-32-28(34)22-15-17-25(18-16-22)31-27(33)21-7-3-2-4-8-21/h2-19H,1H3,(H,31,33)(H,32,34)/b30-19-. The molecule has 4 aromatic rings. The highest BCUT2D eigenvalue weighted by molar-refractivity contribution is 6.04. The lowest BCUT2D eigenvalue weighted by molar-refractivity contribution is 0.0734. The van der Waals surface area contributed by atoms with Crippen LogP contribution in [0, 0.1) is 6.92 Å². The van der Waals surface area contributed by atoms with Gasteiger partial charge in [0.2, 0.25) is 0 Å². The number of rotatable bonds is 7. The van der Waals surface area contributed by atoms with Gasteiger partial charge in [-0.1, -0.05) is 48.0 Å². The molecule has 0 aromatic heterocycles. The predicted molar refractivity (Wildman–Crippen MR) is 138 cm³/mol. The van der Waals surface area contributed by atoms with Crippen LogP contribution in [0.5, 0.6) is 5.75 Å². The van der Waals surface area contributed by atoms with E-state index in [9.17, 15) is 14.4 Å². The molecular weight excluding hydrogens is 454 g/mol. The van der Waals surface area contributed by atoms with Crippen molar-refractivity contribution in [1.82, 2.24) is 5.43 Å². The molecule has 2 N–H and O–H groups in total. The smallest absolute Gasteiger partial charge is 0.343 e. The molecule has 0 fully saturated rings. The number of anilines is 1. The minimum Gasteiger partial charge on any atom is -0.422 e. The minimum atomic E-state index is -0.487. The van der Waals surface area contributed by atoms with E-state index >= 15 is 0 Å². The van der Waals surface area contributed by atoms with Gasteiger partial charge in [-0.05, 0) is 67.6 Å². The highest BCUT2D eigenvalue weighted by atomic mass is 16.5. The summed E-state index contributed by atoms with van der Waals surface area (Å²) >= 11 is 0. The number of aryl methyl sites for hydroxylation is 1. The Morgan fingerprint density at radius 1 is 0.694 bits per heavy atom. The third-order valence-electron chi connectivity index (χ3n) is 5.22. The second-order valence-electron chi connectivity index (χ2n) is 7.89. The molecule has 0 bridgehead atoms. The molecule has 0 saturated carbocycles. The van der Waals surface area contributed by atoms with E-state index in [1.54, 1.807) is 84.9 Å². The Labute approximate surface area is 208 Å². The highest BCUT2D eigenvalue weighted by Gasteiger charge is 2.11. The number of carbonyl (C=O) groups excluding carboxylic acids is 3. The van der Waals surface area contributed by atoms with Crippen molar-refractivity contribution in [2.75, 3.05) is 5.32 Å². The van der Waals surface area contributed by atoms with Gasteiger partial charge in [0, 0.05) is 22.4 Å². The zero-order valence-electron chi connectivity index (χ0n) is 19.5. The number of carbonyl (C=O) groups is 3. The molecule has 0 aliphatic rings. The Hall–Kier alpha value is -5.04. The van der Waals surface area contributed by atoms with Crippen LogP contribution in [0.15, 0.2) is 108 Å². The fourth-order valence-electron chi connectivity index (χ4n) is 3.25. The summed E-state index contributed by atoms with van der Waals surface area (Å²) in [6.07, 6.45) is 1.41. The quantitative estimate of drug-likeness (QED) is 0.165. The molecular formula is C29H23N3O4. The van der Waals surface area contributed by atoms with Crippen LogP contribution in [0.1, 0.15) is 42.2 Å². The first-order valence-electron chi connectivity index (χ1n) is 11.2. The molecule has 0 aliphatic carbocycles. The number of benzene rings is 4. The molecule has 0 atom stereocenters. The minimum absolute atomic E-state index is 0.237. The average molecular weight is 478 g/mol. The monoisotopic (exact) mass is 477 g/mol. The van der Waals surface area contributed by atoms with E-state index in [-0.39, 0.29) is 5.91 Å². The van der Waals surface area contributed by atoms with E-state index in [2.05, 4.69) is 15.8 Å². The predicted octanol–water partition coefficient (Wildman–Crippen LogP) is 5.23. The van der Waals surface area contributed by atoms with E-state index in [0.29, 0.717) is 33.7 Å². The Balaban J connectivity index is 1.35. The van der Waals surface area contributed by atoms with Crippen molar-refractivity contribution in [3.8, 4) is 5.75 Å². The number of para-hydroxylation sites is 1. The van der Waals surface area contributed by atoms with Gasteiger partial charge in [-0.3, -0.25) is 9.59 Å². The summed E-state index contributed by atoms with van der Waals surface area (Å²) in [5, 5.41) is 6.78. The van der Waals surface area contributed by atoms with Crippen molar-refractivity contribution in [3.63, 3.8) is 0 Å². The van der Waals surface area contributed by atoms with E-state index in [4.69, 9.17) is 4.74 Å². The van der Waals surface area contributed by atoms with Gasteiger partial charge in [-0.25, -0.2) is 10.2 Å². The maximum atomic E-state index is 12.5. The van der Waals surface area contributed by atoms with Crippen molar-refractivity contribution in [3.05, 3.63) is 131 Å². The molecule has 0 aliphatic heterocycles. The fraction of sp³-hybridized carbons (Fsp3) is 0.0345. The van der Waals surface area contributed by atoms with Gasteiger partial charge >= 0.3 is 5.97 Å². The van der Waals surface area contributed by atoms with Crippen molar-refractivity contribution in [2.45, 2.75) is 6.92 Å². The lowest BCUT2D eigenvalue weighted by Crippen LogP contribution is -2.18. The molecule has 4 rings (SSSR count). The maximum Gasteiger partial charge on any atom is 0.343 e. The molecule has 36 heavy (non-hydrogen) atoms. The SMILES string of the molecule is Cc1ccc(C(=O)Oc2ccccc2/C=N\NC(=O)c2ccc(NC(=O)c3ccccc3)cc2)cc1. The number of nitrogens with zero attached hydrogens (tertiary/aromatic N) is 1. The molecule has 178 valence electrons.